The Morgan fingerprint density at radius 1 is 1.20 bits per heavy atom. The van der Waals surface area contributed by atoms with Crippen molar-refractivity contribution in [3.05, 3.63) is 56.6 Å². The molecule has 1 aliphatic heterocycles. The zero-order chi connectivity index (χ0) is 26.7. The second-order valence-electron chi connectivity index (χ2n) is 7.54. The van der Waals surface area contributed by atoms with E-state index >= 15 is 0 Å². The van der Waals surface area contributed by atoms with Crippen molar-refractivity contribution in [2.45, 2.75) is 36.7 Å². The molecule has 0 atom stereocenters. The highest BCUT2D eigenvalue weighted by Crippen LogP contribution is 2.41. The Bertz CT molecular complexity index is 1470. The van der Waals surface area contributed by atoms with Gasteiger partial charge >= 0.3 is 21.6 Å². The van der Waals surface area contributed by atoms with Crippen molar-refractivity contribution in [2.24, 2.45) is 0 Å². The number of fused-ring (bicyclic) bond motifs is 1. The van der Waals surface area contributed by atoms with Crippen LogP contribution in [0.15, 0.2) is 29.2 Å². The van der Waals surface area contributed by atoms with Crippen LogP contribution in [0, 0.1) is 0 Å². The molecular weight excluding hydrogens is 562 g/mol. The number of aromatic carboxylic acids is 1. The van der Waals surface area contributed by atoms with E-state index in [-0.39, 0.29) is 21.7 Å². The van der Waals surface area contributed by atoms with Crippen molar-refractivity contribution in [3.63, 3.8) is 0 Å². The van der Waals surface area contributed by atoms with Crippen LogP contribution in [-0.4, -0.2) is 43.6 Å². The summed E-state index contributed by atoms with van der Waals surface area (Å²) in [5.41, 5.74) is -6.87. The van der Waals surface area contributed by atoms with Gasteiger partial charge in [-0.3, -0.25) is 4.79 Å². The molecule has 0 fully saturated rings. The van der Waals surface area contributed by atoms with Crippen molar-refractivity contribution >= 4 is 55.2 Å². The Kier molecular flexibility index (Phi) is 6.83. The van der Waals surface area contributed by atoms with E-state index in [0.717, 1.165) is 12.1 Å². The first-order valence-electron chi connectivity index (χ1n) is 9.36. The fourth-order valence-electron chi connectivity index (χ4n) is 3.30. The lowest BCUT2D eigenvalue weighted by Crippen LogP contribution is -2.30. The first-order valence-corrected chi connectivity index (χ1v) is 13.0. The molecule has 0 saturated heterocycles. The van der Waals surface area contributed by atoms with Gasteiger partial charge in [0.1, 0.15) is 10.6 Å². The third-order valence-electron chi connectivity index (χ3n) is 4.92. The monoisotopic (exact) mass is 575 g/mol. The van der Waals surface area contributed by atoms with Crippen molar-refractivity contribution in [1.29, 1.82) is 0 Å². The van der Waals surface area contributed by atoms with Gasteiger partial charge in [-0.2, -0.15) is 21.6 Å². The molecule has 0 unspecified atom stereocenters. The van der Waals surface area contributed by atoms with Gasteiger partial charge in [0.15, 0.2) is 0 Å². The lowest BCUT2D eigenvalue weighted by Gasteiger charge is -2.17. The second-order valence-corrected chi connectivity index (χ2v) is 11.7. The number of amides is 1. The maximum Gasteiger partial charge on any atom is 0.534 e. The number of hydrogen-bond acceptors (Lipinski definition) is 7. The summed E-state index contributed by atoms with van der Waals surface area (Å²) in [6, 6.07) is 3.68. The third kappa shape index (κ3) is 4.67. The average Bonchev–Trinajstić information content (AvgIpc) is 2.88. The van der Waals surface area contributed by atoms with Crippen LogP contribution < -0.4 is 4.18 Å². The highest BCUT2D eigenvalue weighted by Gasteiger charge is 2.49. The molecule has 190 valence electrons. The topological polar surface area (TPSA) is 135 Å². The molecule has 9 nitrogen and oxygen atoms in total. The normalized spacial score (nSPS) is 15.4. The van der Waals surface area contributed by atoms with E-state index in [2.05, 4.69) is 4.18 Å². The smallest absolute Gasteiger partial charge is 0.478 e. The van der Waals surface area contributed by atoms with Crippen LogP contribution in [-0.2, 0) is 26.7 Å². The van der Waals surface area contributed by atoms with Crippen molar-refractivity contribution in [3.8, 4) is 5.75 Å². The molecule has 1 heterocycles. The van der Waals surface area contributed by atoms with Crippen molar-refractivity contribution in [1.82, 2.24) is 4.31 Å². The molecule has 35 heavy (non-hydrogen) atoms. The molecule has 0 aliphatic carbocycles. The Balaban J connectivity index is 2.15. The summed E-state index contributed by atoms with van der Waals surface area (Å²) < 4.78 is 92.0. The molecule has 2 aromatic carbocycles. The number of sulfonamides is 1. The van der Waals surface area contributed by atoms with E-state index in [1.54, 1.807) is 0 Å². The van der Waals surface area contributed by atoms with Crippen LogP contribution in [0.3, 0.4) is 0 Å². The summed E-state index contributed by atoms with van der Waals surface area (Å²) in [6.07, 6.45) is 0. The van der Waals surface area contributed by atoms with Gasteiger partial charge in [-0.05, 0) is 29.2 Å². The van der Waals surface area contributed by atoms with Gasteiger partial charge in [0.05, 0.1) is 27.7 Å². The fourth-order valence-corrected chi connectivity index (χ4v) is 5.92. The number of hydrogen-bond donors (Lipinski definition) is 1. The number of carboxylic acids is 1. The molecule has 0 radical (unpaired) electrons. The summed E-state index contributed by atoms with van der Waals surface area (Å²) in [5.74, 6) is -4.18. The van der Waals surface area contributed by atoms with E-state index in [9.17, 15) is 44.7 Å². The van der Waals surface area contributed by atoms with Crippen LogP contribution in [0.1, 0.15) is 51.6 Å². The molecule has 0 bridgehead atoms. The van der Waals surface area contributed by atoms with Crippen LogP contribution in [0.5, 0.6) is 5.75 Å². The van der Waals surface area contributed by atoms with Gasteiger partial charge in [0.2, 0.25) is 0 Å². The minimum atomic E-state index is -6.13. The van der Waals surface area contributed by atoms with Crippen LogP contribution in [0.2, 0.25) is 10.0 Å². The highest BCUT2D eigenvalue weighted by atomic mass is 35.5. The van der Waals surface area contributed by atoms with Gasteiger partial charge in [-0.15, -0.1) is 0 Å². The number of carbonyl (C=O) groups excluding carboxylic acids is 1. The number of nitrogens with zero attached hydrogens (tertiary/aromatic N) is 1. The third-order valence-corrected chi connectivity index (χ3v) is 8.40. The number of benzene rings is 2. The first-order chi connectivity index (χ1) is 15.9. The van der Waals surface area contributed by atoms with Crippen molar-refractivity contribution < 1.29 is 48.9 Å². The Labute approximate surface area is 207 Å². The first kappa shape index (κ1) is 27.0. The Morgan fingerprint density at radius 3 is 2.31 bits per heavy atom. The molecule has 0 saturated carbocycles. The summed E-state index contributed by atoms with van der Waals surface area (Å²) in [6.45, 7) is 2.26. The van der Waals surface area contributed by atoms with Crippen LogP contribution in [0.4, 0.5) is 13.2 Å². The van der Waals surface area contributed by atoms with Crippen molar-refractivity contribution in [2.75, 3.05) is 0 Å². The molecule has 0 aromatic heterocycles. The second kappa shape index (κ2) is 8.84. The Hall–Kier alpha value is -2.55. The van der Waals surface area contributed by atoms with E-state index < -0.39 is 71.2 Å². The lowest BCUT2D eigenvalue weighted by molar-refractivity contribution is -0.0500. The molecule has 1 aliphatic rings. The zero-order valence-electron chi connectivity index (χ0n) is 17.6. The average molecular weight is 576 g/mol. The molecule has 16 heteroatoms. The predicted molar refractivity (Wildman–Crippen MR) is 117 cm³/mol. The summed E-state index contributed by atoms with van der Waals surface area (Å²) in [4.78, 5) is 23.8. The number of alkyl halides is 3. The predicted octanol–water partition coefficient (Wildman–Crippen LogP) is 4.39. The number of carbonyl (C=O) groups is 2. The molecule has 1 amide bonds. The SMILES string of the molecule is CC(C)c1cc(OS(=O)(=O)C(F)(F)F)cc2c1C(=O)N(Cc1ccc(Cl)c(C(=O)O)c1Cl)S2(=O)=O. The van der Waals surface area contributed by atoms with E-state index in [1.807, 2.05) is 0 Å². The van der Waals surface area contributed by atoms with Gasteiger partial charge in [0.25, 0.3) is 15.9 Å². The maximum atomic E-state index is 13.2. The molecule has 0 spiro atoms. The van der Waals surface area contributed by atoms with Crippen LogP contribution >= 0.6 is 23.2 Å². The van der Waals surface area contributed by atoms with Gasteiger partial charge < -0.3 is 9.29 Å². The van der Waals surface area contributed by atoms with Gasteiger partial charge in [-0.25, -0.2) is 17.5 Å². The van der Waals surface area contributed by atoms with Gasteiger partial charge in [0, 0.05) is 6.07 Å². The Morgan fingerprint density at radius 2 is 1.80 bits per heavy atom. The quantitative estimate of drug-likeness (QED) is 0.395. The minimum Gasteiger partial charge on any atom is -0.478 e. The molecular formula is C19H14Cl2F3NO8S2. The summed E-state index contributed by atoms with van der Waals surface area (Å²) in [5, 5.41) is 8.64. The summed E-state index contributed by atoms with van der Waals surface area (Å²) in [7, 11) is -10.9. The van der Waals surface area contributed by atoms with E-state index in [4.69, 9.17) is 23.2 Å². The highest BCUT2D eigenvalue weighted by molar-refractivity contribution is 7.90. The molecule has 2 aromatic rings. The van der Waals surface area contributed by atoms with E-state index in [1.165, 1.54) is 19.9 Å². The zero-order valence-corrected chi connectivity index (χ0v) is 20.7. The molecule has 1 N–H and O–H groups in total. The number of carboxylic acid groups (broad SMARTS) is 1. The van der Waals surface area contributed by atoms with Gasteiger partial charge in [-0.1, -0.05) is 43.1 Å². The maximum absolute atomic E-state index is 13.2. The largest absolute Gasteiger partial charge is 0.534 e. The lowest BCUT2D eigenvalue weighted by atomic mass is 9.96. The van der Waals surface area contributed by atoms with Crippen LogP contribution in [0.25, 0.3) is 0 Å². The number of rotatable bonds is 6. The standard InChI is InChI=1S/C19H14Cl2F3NO8S2/c1-8(2)11-5-10(33-35(31,32)19(22,23)24)6-13-14(11)17(26)25(34(13,29)30)7-9-3-4-12(20)15(16(9)21)18(27)28/h3-6,8H,7H2,1-2H3,(H,27,28). The van der Waals surface area contributed by atoms with E-state index in [0.29, 0.717) is 10.4 Å². The fraction of sp³-hybridized carbons (Fsp3) is 0.263. The number of halogens is 5. The summed E-state index contributed by atoms with van der Waals surface area (Å²) >= 11 is 11.9. The minimum absolute atomic E-state index is 0.0839. The molecule has 3 rings (SSSR count).